The lowest BCUT2D eigenvalue weighted by molar-refractivity contribution is 0.0600. The van der Waals surface area contributed by atoms with E-state index in [9.17, 15) is 4.79 Å². The second kappa shape index (κ2) is 4.39. The van der Waals surface area contributed by atoms with Gasteiger partial charge >= 0.3 is 5.97 Å². The van der Waals surface area contributed by atoms with E-state index < -0.39 is 5.97 Å². The number of nitrogens with zero attached hydrogens (tertiary/aromatic N) is 1. The van der Waals surface area contributed by atoms with Crippen LogP contribution in [0.5, 0.6) is 0 Å². The van der Waals surface area contributed by atoms with E-state index in [2.05, 4.69) is 25.7 Å². The minimum absolute atomic E-state index is 0.273. The van der Waals surface area contributed by atoms with Crippen molar-refractivity contribution in [1.82, 2.24) is 4.98 Å². The number of carbonyl (C=O) groups excluding carboxylic acids is 1. The van der Waals surface area contributed by atoms with Crippen molar-refractivity contribution in [2.24, 2.45) is 0 Å². The van der Waals surface area contributed by atoms with Gasteiger partial charge in [-0.05, 0) is 18.2 Å². The molecule has 0 saturated carbocycles. The Morgan fingerprint density at radius 2 is 2.25 bits per heavy atom. The van der Waals surface area contributed by atoms with E-state index in [0.29, 0.717) is 5.02 Å². The molecular weight excluding hydrogens is 293 g/mol. The molecule has 3 nitrogen and oxygen atoms in total. The Hall–Kier alpha value is -1.13. The topological polar surface area (TPSA) is 39.2 Å². The van der Waals surface area contributed by atoms with Gasteiger partial charge in [-0.25, -0.2) is 4.79 Å². The summed E-state index contributed by atoms with van der Waals surface area (Å²) in [7, 11) is 1.31. The monoisotopic (exact) mass is 299 g/mol. The van der Waals surface area contributed by atoms with E-state index in [4.69, 9.17) is 11.6 Å². The highest BCUT2D eigenvalue weighted by molar-refractivity contribution is 9.10. The average molecular weight is 301 g/mol. The Balaban J connectivity index is 2.72. The van der Waals surface area contributed by atoms with Gasteiger partial charge in [-0.3, -0.25) is 4.98 Å². The Morgan fingerprint density at radius 3 is 2.94 bits per heavy atom. The van der Waals surface area contributed by atoms with Crippen molar-refractivity contribution in [3.63, 3.8) is 0 Å². The predicted molar refractivity (Wildman–Crippen MR) is 65.8 cm³/mol. The number of pyridine rings is 1. The number of halogens is 2. The maximum absolute atomic E-state index is 11.4. The van der Waals surface area contributed by atoms with Crippen LogP contribution in [0, 0.1) is 0 Å². The second-order valence-corrected chi connectivity index (χ2v) is 4.43. The van der Waals surface area contributed by atoms with Crippen LogP contribution in [-0.2, 0) is 4.74 Å². The van der Waals surface area contributed by atoms with Gasteiger partial charge in [-0.15, -0.1) is 0 Å². The fourth-order valence-corrected chi connectivity index (χ4v) is 2.02. The predicted octanol–water partition coefficient (Wildman–Crippen LogP) is 3.44. The van der Waals surface area contributed by atoms with Crippen LogP contribution < -0.4 is 0 Å². The third-order valence-corrected chi connectivity index (χ3v) is 3.07. The van der Waals surface area contributed by atoms with Crippen molar-refractivity contribution in [2.45, 2.75) is 0 Å². The van der Waals surface area contributed by atoms with Crippen molar-refractivity contribution in [3.05, 3.63) is 39.5 Å². The summed E-state index contributed by atoms with van der Waals surface area (Å²) in [6, 6.07) is 5.51. The van der Waals surface area contributed by atoms with Crippen molar-refractivity contribution in [1.29, 1.82) is 0 Å². The molecule has 2 rings (SSSR count). The van der Waals surface area contributed by atoms with Crippen molar-refractivity contribution in [3.8, 4) is 0 Å². The largest absolute Gasteiger partial charge is 0.465 e. The lowest BCUT2D eigenvalue weighted by Gasteiger charge is -2.05. The van der Waals surface area contributed by atoms with Crippen LogP contribution in [-0.4, -0.2) is 18.1 Å². The number of hydrogen-bond acceptors (Lipinski definition) is 3. The lowest BCUT2D eigenvalue weighted by Crippen LogP contribution is -2.03. The third-order valence-electron chi connectivity index (χ3n) is 2.17. The molecule has 2 aromatic rings. The molecule has 5 heteroatoms. The molecule has 0 bridgehead atoms. The number of benzene rings is 1. The normalized spacial score (nSPS) is 10.4. The molecule has 0 amide bonds. The van der Waals surface area contributed by atoms with Crippen molar-refractivity contribution < 1.29 is 9.53 Å². The summed E-state index contributed by atoms with van der Waals surface area (Å²) < 4.78 is 5.50. The Labute approximate surface area is 106 Å². The highest BCUT2D eigenvalue weighted by Gasteiger charge is 2.14. The van der Waals surface area contributed by atoms with E-state index in [-0.39, 0.29) is 5.56 Å². The highest BCUT2D eigenvalue weighted by Crippen LogP contribution is 2.28. The zero-order valence-corrected chi connectivity index (χ0v) is 10.7. The summed E-state index contributed by atoms with van der Waals surface area (Å²) in [5, 5.41) is 1.08. The van der Waals surface area contributed by atoms with E-state index in [1.165, 1.54) is 13.3 Å². The molecule has 0 unspecified atom stereocenters. The summed E-state index contributed by atoms with van der Waals surface area (Å²) in [4.78, 5) is 15.6. The molecule has 0 atom stereocenters. The van der Waals surface area contributed by atoms with Gasteiger partial charge in [0.25, 0.3) is 0 Å². The van der Waals surface area contributed by atoms with Gasteiger partial charge in [0.2, 0.25) is 0 Å². The summed E-state index contributed by atoms with van der Waals surface area (Å²) in [5.41, 5.74) is 1.01. The molecule has 0 N–H and O–H groups in total. The van der Waals surface area contributed by atoms with Gasteiger partial charge < -0.3 is 4.74 Å². The zero-order chi connectivity index (χ0) is 11.7. The number of hydrogen-bond donors (Lipinski definition) is 0. The fraction of sp³-hybridized carbons (Fsp3) is 0.0909. The first-order valence-corrected chi connectivity index (χ1v) is 5.62. The summed E-state index contributed by atoms with van der Waals surface area (Å²) in [6.07, 6.45) is 1.42. The smallest absolute Gasteiger partial charge is 0.340 e. The number of aromatic nitrogens is 1. The third kappa shape index (κ3) is 1.90. The van der Waals surface area contributed by atoms with Crippen LogP contribution in [0.3, 0.4) is 0 Å². The molecule has 1 heterocycles. The standard InChI is InChI=1S/C11H7BrClNO2/c1-16-11(15)8-5-14-9-3-2-6(12)4-7(9)10(8)13/h2-5H,1H3. The van der Waals surface area contributed by atoms with E-state index in [1.807, 2.05) is 18.2 Å². The molecular formula is C11H7BrClNO2. The van der Waals surface area contributed by atoms with Crippen molar-refractivity contribution in [2.75, 3.05) is 7.11 Å². The number of esters is 1. The molecule has 1 aromatic heterocycles. The first-order chi connectivity index (χ1) is 7.63. The van der Waals surface area contributed by atoms with Gasteiger partial charge in [-0.1, -0.05) is 27.5 Å². The average Bonchev–Trinajstić information content (AvgIpc) is 2.29. The van der Waals surface area contributed by atoms with Crippen LogP contribution in [0.1, 0.15) is 10.4 Å². The quantitative estimate of drug-likeness (QED) is 0.757. The van der Waals surface area contributed by atoms with Gasteiger partial charge in [0.05, 0.1) is 23.2 Å². The highest BCUT2D eigenvalue weighted by atomic mass is 79.9. The molecule has 0 fully saturated rings. The maximum atomic E-state index is 11.4. The Kier molecular flexibility index (Phi) is 3.12. The van der Waals surface area contributed by atoms with Gasteiger partial charge in [0, 0.05) is 16.1 Å². The summed E-state index contributed by atoms with van der Waals surface area (Å²) >= 11 is 9.47. The number of ether oxygens (including phenoxy) is 1. The molecule has 0 saturated heterocycles. The molecule has 0 aliphatic heterocycles. The molecule has 0 spiro atoms. The van der Waals surface area contributed by atoms with Crippen molar-refractivity contribution >= 4 is 44.4 Å². The second-order valence-electron chi connectivity index (χ2n) is 3.14. The van der Waals surface area contributed by atoms with E-state index in [1.54, 1.807) is 0 Å². The Morgan fingerprint density at radius 1 is 1.50 bits per heavy atom. The van der Waals surface area contributed by atoms with E-state index in [0.717, 1.165) is 15.4 Å². The number of carbonyl (C=O) groups is 1. The minimum atomic E-state index is -0.487. The number of rotatable bonds is 1. The maximum Gasteiger partial charge on any atom is 0.340 e. The zero-order valence-electron chi connectivity index (χ0n) is 8.33. The molecule has 0 radical (unpaired) electrons. The van der Waals surface area contributed by atoms with Crippen LogP contribution in [0.15, 0.2) is 28.9 Å². The van der Waals surface area contributed by atoms with Gasteiger partial charge in [-0.2, -0.15) is 0 Å². The van der Waals surface area contributed by atoms with Crippen LogP contribution >= 0.6 is 27.5 Å². The Bertz CT molecular complexity index is 571. The summed E-state index contributed by atoms with van der Waals surface area (Å²) in [5.74, 6) is -0.487. The summed E-state index contributed by atoms with van der Waals surface area (Å²) in [6.45, 7) is 0. The van der Waals surface area contributed by atoms with Gasteiger partial charge in [0.15, 0.2) is 0 Å². The first kappa shape index (κ1) is 11.4. The molecule has 0 aliphatic carbocycles. The molecule has 1 aromatic carbocycles. The van der Waals surface area contributed by atoms with Gasteiger partial charge in [0.1, 0.15) is 0 Å². The van der Waals surface area contributed by atoms with Crippen LogP contribution in [0.4, 0.5) is 0 Å². The molecule has 82 valence electrons. The molecule has 0 aliphatic rings. The SMILES string of the molecule is COC(=O)c1cnc2ccc(Br)cc2c1Cl. The fourth-order valence-electron chi connectivity index (χ4n) is 1.38. The minimum Gasteiger partial charge on any atom is -0.465 e. The lowest BCUT2D eigenvalue weighted by atomic mass is 10.1. The first-order valence-electron chi connectivity index (χ1n) is 4.45. The molecule has 16 heavy (non-hydrogen) atoms. The number of methoxy groups -OCH3 is 1. The van der Waals surface area contributed by atoms with Crippen LogP contribution in [0.25, 0.3) is 10.9 Å². The number of fused-ring (bicyclic) bond motifs is 1. The van der Waals surface area contributed by atoms with E-state index >= 15 is 0 Å². The van der Waals surface area contributed by atoms with Crippen LogP contribution in [0.2, 0.25) is 5.02 Å².